The van der Waals surface area contributed by atoms with Crippen molar-refractivity contribution in [1.29, 1.82) is 0 Å². The first kappa shape index (κ1) is 22.0. The second-order valence-electron chi connectivity index (χ2n) is 8.28. The van der Waals surface area contributed by atoms with Crippen LogP contribution in [0.5, 0.6) is 0 Å². The second-order valence-corrected chi connectivity index (χ2v) is 8.28. The smallest absolute Gasteiger partial charge is 0.326 e. The van der Waals surface area contributed by atoms with Gasteiger partial charge < -0.3 is 15.0 Å². The van der Waals surface area contributed by atoms with Crippen LogP contribution in [0.3, 0.4) is 0 Å². The first-order chi connectivity index (χ1) is 16.5. The number of nitrogens with one attached hydrogen (secondary N) is 1. The fraction of sp³-hybridized carbons (Fsp3) is 0.231. The molecular formula is C26H23F2N3O3. The van der Waals surface area contributed by atoms with Gasteiger partial charge in [-0.25, -0.2) is 13.6 Å². The van der Waals surface area contributed by atoms with E-state index >= 15 is 0 Å². The number of nitrogens with zero attached hydrogens (tertiary/aromatic N) is 2. The highest BCUT2D eigenvalue weighted by atomic mass is 19.1. The number of rotatable bonds is 3. The second kappa shape index (κ2) is 9.23. The Morgan fingerprint density at radius 3 is 2.35 bits per heavy atom. The zero-order valence-corrected chi connectivity index (χ0v) is 18.4. The van der Waals surface area contributed by atoms with Gasteiger partial charge in [0.15, 0.2) is 0 Å². The van der Waals surface area contributed by atoms with Gasteiger partial charge in [0.2, 0.25) is 0 Å². The van der Waals surface area contributed by atoms with Gasteiger partial charge in [-0.2, -0.15) is 0 Å². The molecule has 2 heterocycles. The van der Waals surface area contributed by atoms with Crippen LogP contribution in [0.2, 0.25) is 0 Å². The third-order valence-corrected chi connectivity index (χ3v) is 6.15. The van der Waals surface area contributed by atoms with Crippen LogP contribution in [0.25, 0.3) is 11.1 Å². The third kappa shape index (κ3) is 4.36. The maximum atomic E-state index is 13.9. The number of fused-ring (bicyclic) bond motifs is 1. The van der Waals surface area contributed by atoms with Gasteiger partial charge in [-0.15, -0.1) is 0 Å². The van der Waals surface area contributed by atoms with E-state index in [4.69, 9.17) is 4.74 Å². The van der Waals surface area contributed by atoms with E-state index in [0.717, 1.165) is 40.6 Å². The van der Waals surface area contributed by atoms with Crippen molar-refractivity contribution < 1.29 is 23.1 Å². The van der Waals surface area contributed by atoms with Crippen molar-refractivity contribution in [2.45, 2.75) is 6.42 Å². The largest absolute Gasteiger partial charge is 0.378 e. The summed E-state index contributed by atoms with van der Waals surface area (Å²) in [6.07, 6.45) is 0.649. The van der Waals surface area contributed by atoms with E-state index in [-0.39, 0.29) is 11.6 Å². The molecule has 0 aliphatic carbocycles. The minimum absolute atomic E-state index is 0.000177. The molecule has 1 saturated heterocycles. The van der Waals surface area contributed by atoms with Crippen LogP contribution in [-0.4, -0.2) is 49.7 Å². The molecule has 0 bridgehead atoms. The average molecular weight is 463 g/mol. The summed E-state index contributed by atoms with van der Waals surface area (Å²) in [6, 6.07) is 15.7. The number of carbonyl (C=O) groups excluding carboxylic acids is 2. The summed E-state index contributed by atoms with van der Waals surface area (Å²) < 4.78 is 32.6. The molecule has 6 nitrogen and oxygen atoms in total. The number of amides is 3. The van der Waals surface area contributed by atoms with E-state index in [1.807, 2.05) is 42.5 Å². The molecule has 0 radical (unpaired) electrons. The quantitative estimate of drug-likeness (QED) is 0.613. The van der Waals surface area contributed by atoms with Gasteiger partial charge in [0, 0.05) is 37.0 Å². The van der Waals surface area contributed by atoms with Crippen LogP contribution in [0.1, 0.15) is 15.9 Å². The molecule has 3 aromatic carbocycles. The van der Waals surface area contributed by atoms with E-state index in [1.165, 1.54) is 4.90 Å². The molecule has 1 N–H and O–H groups in total. The minimum atomic E-state index is -0.694. The molecule has 2 aliphatic heterocycles. The molecule has 0 saturated carbocycles. The molecule has 3 aromatic rings. The average Bonchev–Trinajstić information content (AvgIpc) is 3.30. The summed E-state index contributed by atoms with van der Waals surface area (Å²) in [5.41, 5.74) is 4.10. The zero-order valence-electron chi connectivity index (χ0n) is 18.4. The number of urea groups is 1. The molecular weight excluding hydrogens is 440 g/mol. The van der Waals surface area contributed by atoms with Gasteiger partial charge >= 0.3 is 6.03 Å². The van der Waals surface area contributed by atoms with Crippen molar-refractivity contribution in [3.8, 4) is 11.1 Å². The van der Waals surface area contributed by atoms with Crippen molar-refractivity contribution in [2.24, 2.45) is 0 Å². The lowest BCUT2D eigenvalue weighted by molar-refractivity contribution is 0.0303. The molecule has 0 atom stereocenters. The van der Waals surface area contributed by atoms with E-state index in [1.54, 1.807) is 4.90 Å². The van der Waals surface area contributed by atoms with Gasteiger partial charge in [0.05, 0.1) is 18.9 Å². The predicted octanol–water partition coefficient (Wildman–Crippen LogP) is 4.70. The summed E-state index contributed by atoms with van der Waals surface area (Å²) in [7, 11) is 0. The highest BCUT2D eigenvalue weighted by Gasteiger charge is 2.26. The first-order valence-corrected chi connectivity index (χ1v) is 11.1. The fourth-order valence-electron chi connectivity index (χ4n) is 4.32. The summed E-state index contributed by atoms with van der Waals surface area (Å²) in [4.78, 5) is 28.7. The van der Waals surface area contributed by atoms with Crippen LogP contribution in [-0.2, 0) is 11.2 Å². The molecule has 34 heavy (non-hydrogen) atoms. The van der Waals surface area contributed by atoms with Crippen molar-refractivity contribution >= 4 is 23.3 Å². The normalized spacial score (nSPS) is 15.2. The van der Waals surface area contributed by atoms with E-state index < -0.39 is 17.7 Å². The van der Waals surface area contributed by atoms with Crippen molar-refractivity contribution in [1.82, 2.24) is 4.90 Å². The number of anilines is 2. The molecule has 5 rings (SSSR count). The molecule has 174 valence electrons. The topological polar surface area (TPSA) is 61.9 Å². The third-order valence-electron chi connectivity index (χ3n) is 6.15. The van der Waals surface area contributed by atoms with Crippen LogP contribution < -0.4 is 10.2 Å². The SMILES string of the molecule is O=C(c1ccc(-c2ccc3c(c2)CCN3C(=O)Nc2cc(F)ccc2F)cc1)N1CCOCC1. The Kier molecular flexibility index (Phi) is 5.98. The Hall–Kier alpha value is -3.78. The van der Waals surface area contributed by atoms with Crippen LogP contribution in [0, 0.1) is 11.6 Å². The van der Waals surface area contributed by atoms with Gasteiger partial charge in [-0.3, -0.25) is 9.69 Å². The van der Waals surface area contributed by atoms with Crippen LogP contribution in [0.15, 0.2) is 60.7 Å². The maximum absolute atomic E-state index is 13.9. The Morgan fingerprint density at radius 1 is 0.853 bits per heavy atom. The lowest BCUT2D eigenvalue weighted by Gasteiger charge is -2.26. The molecule has 0 unspecified atom stereocenters. The van der Waals surface area contributed by atoms with E-state index in [0.29, 0.717) is 44.8 Å². The highest BCUT2D eigenvalue weighted by Crippen LogP contribution is 2.33. The van der Waals surface area contributed by atoms with E-state index in [2.05, 4.69) is 5.32 Å². The first-order valence-electron chi connectivity index (χ1n) is 11.1. The van der Waals surface area contributed by atoms with Crippen molar-refractivity contribution in [3.05, 3.63) is 83.4 Å². The molecule has 0 spiro atoms. The molecule has 0 aromatic heterocycles. The van der Waals surface area contributed by atoms with Crippen LogP contribution >= 0.6 is 0 Å². The molecule has 1 fully saturated rings. The van der Waals surface area contributed by atoms with Gasteiger partial charge in [-0.1, -0.05) is 18.2 Å². The summed E-state index contributed by atoms with van der Waals surface area (Å²) in [5, 5.41) is 2.45. The van der Waals surface area contributed by atoms with Crippen molar-refractivity contribution in [2.75, 3.05) is 43.1 Å². The summed E-state index contributed by atoms with van der Waals surface area (Å²) in [6.45, 7) is 2.76. The summed E-state index contributed by atoms with van der Waals surface area (Å²) in [5.74, 6) is -1.32. The Morgan fingerprint density at radius 2 is 1.59 bits per heavy atom. The Labute approximate surface area is 195 Å². The molecule has 2 aliphatic rings. The lowest BCUT2D eigenvalue weighted by Crippen LogP contribution is -2.40. The van der Waals surface area contributed by atoms with Crippen molar-refractivity contribution in [3.63, 3.8) is 0 Å². The summed E-state index contributed by atoms with van der Waals surface area (Å²) >= 11 is 0. The van der Waals surface area contributed by atoms with Gasteiger partial charge in [0.25, 0.3) is 5.91 Å². The van der Waals surface area contributed by atoms with E-state index in [9.17, 15) is 18.4 Å². The Balaban J connectivity index is 1.30. The number of ether oxygens (including phenoxy) is 1. The monoisotopic (exact) mass is 463 g/mol. The van der Waals surface area contributed by atoms with Gasteiger partial charge in [0.1, 0.15) is 11.6 Å². The number of hydrogen-bond acceptors (Lipinski definition) is 3. The predicted molar refractivity (Wildman–Crippen MR) is 125 cm³/mol. The standard InChI is InChI=1S/C26H23F2N3O3/c27-21-6-7-22(28)23(16-21)29-26(33)31-10-9-20-15-19(5-8-24(20)31)17-1-3-18(4-2-17)25(32)30-11-13-34-14-12-30/h1-8,15-16H,9-14H2,(H,29,33). The minimum Gasteiger partial charge on any atom is -0.378 e. The number of morpholine rings is 1. The highest BCUT2D eigenvalue weighted by molar-refractivity contribution is 6.03. The molecule has 3 amide bonds. The number of hydrogen-bond donors (Lipinski definition) is 1. The van der Waals surface area contributed by atoms with Gasteiger partial charge in [-0.05, 0) is 59.5 Å². The number of carbonyl (C=O) groups is 2. The Bertz CT molecular complexity index is 1240. The number of halogens is 2. The zero-order chi connectivity index (χ0) is 23.7. The van der Waals surface area contributed by atoms with Crippen LogP contribution in [0.4, 0.5) is 25.0 Å². The number of benzene rings is 3. The fourth-order valence-corrected chi connectivity index (χ4v) is 4.32. The lowest BCUT2D eigenvalue weighted by atomic mass is 10.0. The molecule has 8 heteroatoms. The maximum Gasteiger partial charge on any atom is 0.326 e.